The Morgan fingerprint density at radius 3 is 2.50 bits per heavy atom. The first-order chi connectivity index (χ1) is 10.6. The summed E-state index contributed by atoms with van der Waals surface area (Å²) in [6, 6.07) is 4.78. The Labute approximate surface area is 128 Å². The Kier molecular flexibility index (Phi) is 5.46. The van der Waals surface area contributed by atoms with E-state index in [9.17, 15) is 9.59 Å². The lowest BCUT2D eigenvalue weighted by atomic mass is 10.2. The average Bonchev–Trinajstić information content (AvgIpc) is 2.51. The Bertz CT molecular complexity index is 539. The molecule has 7 heteroatoms. The Morgan fingerprint density at radius 1 is 1.09 bits per heavy atom. The van der Waals surface area contributed by atoms with Crippen LogP contribution in [0, 0.1) is 5.92 Å². The van der Waals surface area contributed by atoms with E-state index in [1.165, 1.54) is 0 Å². The van der Waals surface area contributed by atoms with Gasteiger partial charge in [0.25, 0.3) is 0 Å². The summed E-state index contributed by atoms with van der Waals surface area (Å²) in [4.78, 5) is 22.7. The molecule has 7 nitrogen and oxygen atoms in total. The number of carbonyl (C=O) groups excluding carboxylic acids is 2. The maximum atomic E-state index is 11.5. The molecule has 1 aromatic carbocycles. The standard InChI is InChI=1S/C15H18O7/c1-10(2)14(16)20-7-8-21-15(17)22-11-3-4-12-13(9-11)19-6-5-18-12/h3-4,9-10H,5-8H2,1-2H3. The van der Waals surface area contributed by atoms with Crippen LogP contribution in [0.4, 0.5) is 4.79 Å². The number of hydrogen-bond acceptors (Lipinski definition) is 7. The quantitative estimate of drug-likeness (QED) is 0.468. The van der Waals surface area contributed by atoms with E-state index in [1.807, 2.05) is 0 Å². The van der Waals surface area contributed by atoms with Gasteiger partial charge in [-0.25, -0.2) is 4.79 Å². The van der Waals surface area contributed by atoms with Crippen LogP contribution in [0.5, 0.6) is 17.2 Å². The van der Waals surface area contributed by atoms with Crippen LogP contribution in [-0.2, 0) is 14.3 Å². The zero-order valence-electron chi connectivity index (χ0n) is 12.5. The molecular weight excluding hydrogens is 292 g/mol. The first-order valence-corrected chi connectivity index (χ1v) is 6.97. The fourth-order valence-electron chi connectivity index (χ4n) is 1.65. The second-order valence-electron chi connectivity index (χ2n) is 4.83. The lowest BCUT2D eigenvalue weighted by Crippen LogP contribution is -2.19. The highest BCUT2D eigenvalue weighted by atomic mass is 16.7. The van der Waals surface area contributed by atoms with Crippen LogP contribution in [0.25, 0.3) is 0 Å². The summed E-state index contributed by atoms with van der Waals surface area (Å²) in [7, 11) is 0. The molecule has 0 spiro atoms. The third-order valence-electron chi connectivity index (χ3n) is 2.73. The van der Waals surface area contributed by atoms with Gasteiger partial charge in [-0.3, -0.25) is 4.79 Å². The summed E-state index contributed by atoms with van der Waals surface area (Å²) in [5.41, 5.74) is 0. The fraction of sp³-hybridized carbons (Fsp3) is 0.467. The molecule has 0 N–H and O–H groups in total. The minimum Gasteiger partial charge on any atom is -0.486 e. The van der Waals surface area contributed by atoms with E-state index < -0.39 is 6.16 Å². The van der Waals surface area contributed by atoms with Crippen molar-refractivity contribution in [1.82, 2.24) is 0 Å². The molecule has 0 aliphatic carbocycles. The first kappa shape index (κ1) is 15.9. The summed E-state index contributed by atoms with van der Waals surface area (Å²) in [6.45, 7) is 4.31. The molecule has 2 rings (SSSR count). The van der Waals surface area contributed by atoms with Gasteiger partial charge in [-0.05, 0) is 12.1 Å². The van der Waals surface area contributed by atoms with E-state index >= 15 is 0 Å². The number of carbonyl (C=O) groups is 2. The van der Waals surface area contributed by atoms with Crippen LogP contribution >= 0.6 is 0 Å². The van der Waals surface area contributed by atoms with Gasteiger partial charge in [-0.2, -0.15) is 0 Å². The van der Waals surface area contributed by atoms with E-state index in [4.69, 9.17) is 23.7 Å². The fourth-order valence-corrected chi connectivity index (χ4v) is 1.65. The molecular formula is C15H18O7. The predicted octanol–water partition coefficient (Wildman–Crippen LogP) is 2.17. The van der Waals surface area contributed by atoms with Crippen LogP contribution in [0.1, 0.15) is 13.8 Å². The van der Waals surface area contributed by atoms with Gasteiger partial charge in [0, 0.05) is 6.07 Å². The molecule has 0 fully saturated rings. The molecule has 0 saturated carbocycles. The average molecular weight is 310 g/mol. The number of rotatable bonds is 5. The molecule has 1 aliphatic heterocycles. The molecule has 120 valence electrons. The topological polar surface area (TPSA) is 80.3 Å². The van der Waals surface area contributed by atoms with Crippen LogP contribution in [0.15, 0.2) is 18.2 Å². The van der Waals surface area contributed by atoms with E-state index in [0.717, 1.165) is 0 Å². The monoisotopic (exact) mass is 310 g/mol. The summed E-state index contributed by atoms with van der Waals surface area (Å²) < 4.78 is 25.4. The summed E-state index contributed by atoms with van der Waals surface area (Å²) in [6.07, 6.45) is -0.878. The third-order valence-corrected chi connectivity index (χ3v) is 2.73. The third kappa shape index (κ3) is 4.54. The Hall–Kier alpha value is -2.44. The molecule has 22 heavy (non-hydrogen) atoms. The van der Waals surface area contributed by atoms with Crippen LogP contribution in [-0.4, -0.2) is 38.6 Å². The van der Waals surface area contributed by atoms with Gasteiger partial charge in [0.05, 0.1) is 5.92 Å². The van der Waals surface area contributed by atoms with Crippen molar-refractivity contribution >= 4 is 12.1 Å². The molecule has 0 saturated heterocycles. The van der Waals surface area contributed by atoms with Crippen molar-refractivity contribution in [2.45, 2.75) is 13.8 Å². The van der Waals surface area contributed by atoms with Crippen LogP contribution in [0.3, 0.4) is 0 Å². The second kappa shape index (κ2) is 7.53. The molecule has 1 heterocycles. The number of fused-ring (bicyclic) bond motifs is 1. The van der Waals surface area contributed by atoms with E-state index in [-0.39, 0.29) is 30.9 Å². The minimum absolute atomic E-state index is 0.00669. The van der Waals surface area contributed by atoms with Gasteiger partial charge in [-0.15, -0.1) is 0 Å². The normalized spacial score (nSPS) is 12.7. The van der Waals surface area contributed by atoms with E-state index in [1.54, 1.807) is 32.0 Å². The molecule has 1 aliphatic rings. The Morgan fingerprint density at radius 2 is 1.77 bits per heavy atom. The summed E-state index contributed by atoms with van der Waals surface area (Å²) in [5.74, 6) is 0.844. The molecule has 0 bridgehead atoms. The van der Waals surface area contributed by atoms with Gasteiger partial charge >= 0.3 is 12.1 Å². The van der Waals surface area contributed by atoms with Crippen molar-refractivity contribution < 1.29 is 33.3 Å². The lowest BCUT2D eigenvalue weighted by Gasteiger charge is -2.18. The number of hydrogen-bond donors (Lipinski definition) is 0. The first-order valence-electron chi connectivity index (χ1n) is 6.97. The van der Waals surface area contributed by atoms with Crippen molar-refractivity contribution in [3.8, 4) is 17.2 Å². The van der Waals surface area contributed by atoms with Gasteiger partial charge in [0.15, 0.2) is 11.5 Å². The maximum absolute atomic E-state index is 11.5. The predicted molar refractivity (Wildman–Crippen MR) is 75.2 cm³/mol. The molecule has 0 amide bonds. The van der Waals surface area contributed by atoms with Crippen LogP contribution in [0.2, 0.25) is 0 Å². The molecule has 0 unspecified atom stereocenters. The molecule has 0 atom stereocenters. The zero-order valence-corrected chi connectivity index (χ0v) is 12.5. The smallest absolute Gasteiger partial charge is 0.486 e. The maximum Gasteiger partial charge on any atom is 0.513 e. The van der Waals surface area contributed by atoms with Gasteiger partial charge in [0.1, 0.15) is 32.2 Å². The summed E-state index contributed by atoms with van der Waals surface area (Å²) in [5, 5.41) is 0. The van der Waals surface area contributed by atoms with Gasteiger partial charge in [-0.1, -0.05) is 13.8 Å². The minimum atomic E-state index is -0.878. The number of esters is 1. The van der Waals surface area contributed by atoms with Gasteiger partial charge in [0.2, 0.25) is 0 Å². The Balaban J connectivity index is 1.74. The molecule has 1 aromatic rings. The SMILES string of the molecule is CC(C)C(=O)OCCOC(=O)Oc1ccc2c(c1)OCCO2. The number of benzene rings is 1. The highest BCUT2D eigenvalue weighted by Gasteiger charge is 2.14. The number of ether oxygens (including phenoxy) is 5. The van der Waals surface area contributed by atoms with Crippen LogP contribution < -0.4 is 14.2 Å². The largest absolute Gasteiger partial charge is 0.513 e. The van der Waals surface area contributed by atoms with E-state index in [2.05, 4.69) is 0 Å². The lowest BCUT2D eigenvalue weighted by molar-refractivity contribution is -0.148. The highest BCUT2D eigenvalue weighted by Crippen LogP contribution is 2.33. The van der Waals surface area contributed by atoms with E-state index in [0.29, 0.717) is 24.7 Å². The molecule has 0 radical (unpaired) electrons. The highest BCUT2D eigenvalue weighted by molar-refractivity contribution is 5.71. The summed E-state index contributed by atoms with van der Waals surface area (Å²) >= 11 is 0. The van der Waals surface area contributed by atoms with Crippen molar-refractivity contribution in [1.29, 1.82) is 0 Å². The molecule has 0 aromatic heterocycles. The van der Waals surface area contributed by atoms with Crippen molar-refractivity contribution in [3.05, 3.63) is 18.2 Å². The van der Waals surface area contributed by atoms with Crippen molar-refractivity contribution in [2.24, 2.45) is 5.92 Å². The zero-order chi connectivity index (χ0) is 15.9. The second-order valence-corrected chi connectivity index (χ2v) is 4.83. The van der Waals surface area contributed by atoms with Crippen molar-refractivity contribution in [3.63, 3.8) is 0 Å². The van der Waals surface area contributed by atoms with Gasteiger partial charge < -0.3 is 23.7 Å². The van der Waals surface area contributed by atoms with Crippen molar-refractivity contribution in [2.75, 3.05) is 26.4 Å².